The van der Waals surface area contributed by atoms with Crippen LogP contribution < -0.4 is 0 Å². The van der Waals surface area contributed by atoms with Crippen LogP contribution in [0.3, 0.4) is 0 Å². The van der Waals surface area contributed by atoms with E-state index in [2.05, 4.69) is 19.9 Å². The summed E-state index contributed by atoms with van der Waals surface area (Å²) in [6.45, 7) is 2.13. The number of aromatic amines is 1. The Morgan fingerprint density at radius 1 is 1.47 bits per heavy atom. The van der Waals surface area contributed by atoms with Crippen molar-refractivity contribution in [2.24, 2.45) is 0 Å². The van der Waals surface area contributed by atoms with Crippen LogP contribution in [0, 0.1) is 0 Å². The maximum Gasteiger partial charge on any atom is 0.341 e. The van der Waals surface area contributed by atoms with Crippen molar-refractivity contribution in [1.82, 2.24) is 19.9 Å². The van der Waals surface area contributed by atoms with Crippen LogP contribution in [0.1, 0.15) is 41.7 Å². The van der Waals surface area contributed by atoms with E-state index in [-0.39, 0.29) is 5.97 Å². The van der Waals surface area contributed by atoms with E-state index in [4.69, 9.17) is 4.74 Å². The highest BCUT2D eigenvalue weighted by Gasteiger charge is 2.31. The first kappa shape index (κ1) is 11.8. The van der Waals surface area contributed by atoms with Crippen molar-refractivity contribution in [3.05, 3.63) is 29.8 Å². The Morgan fingerprint density at radius 3 is 2.95 bits per heavy atom. The fourth-order valence-corrected chi connectivity index (χ4v) is 1.93. The molecule has 2 aromatic heterocycles. The lowest BCUT2D eigenvalue weighted by atomic mass is 10.1. The number of hydrogen-bond donors (Lipinski definition) is 1. The number of nitrogens with one attached hydrogen (secondary N) is 1. The van der Waals surface area contributed by atoms with Crippen LogP contribution in [0.15, 0.2) is 18.6 Å². The summed E-state index contributed by atoms with van der Waals surface area (Å²) in [4.78, 5) is 27.6. The van der Waals surface area contributed by atoms with E-state index in [9.17, 15) is 4.79 Å². The molecule has 0 amide bonds. The lowest BCUT2D eigenvalue weighted by Gasteiger charge is -2.07. The van der Waals surface area contributed by atoms with E-state index in [1.165, 1.54) is 6.20 Å². The first-order chi connectivity index (χ1) is 9.29. The highest BCUT2D eigenvalue weighted by molar-refractivity contribution is 5.90. The van der Waals surface area contributed by atoms with Gasteiger partial charge in [-0.2, -0.15) is 0 Å². The van der Waals surface area contributed by atoms with Crippen LogP contribution in [0.25, 0.3) is 11.6 Å². The topological polar surface area (TPSA) is 80.8 Å². The van der Waals surface area contributed by atoms with Gasteiger partial charge in [0.2, 0.25) is 0 Å². The molecule has 0 unspecified atom stereocenters. The van der Waals surface area contributed by atoms with E-state index in [1.807, 2.05) is 0 Å². The van der Waals surface area contributed by atoms with E-state index < -0.39 is 0 Å². The van der Waals surface area contributed by atoms with E-state index in [0.717, 1.165) is 18.5 Å². The summed E-state index contributed by atoms with van der Waals surface area (Å²) in [7, 11) is 0. The second-order valence-corrected chi connectivity index (χ2v) is 4.43. The van der Waals surface area contributed by atoms with Crippen LogP contribution >= 0.6 is 0 Å². The minimum atomic E-state index is -0.351. The molecule has 2 aromatic rings. The van der Waals surface area contributed by atoms with Gasteiger partial charge in [-0.1, -0.05) is 0 Å². The first-order valence-corrected chi connectivity index (χ1v) is 6.33. The van der Waals surface area contributed by atoms with Crippen LogP contribution in [0.2, 0.25) is 0 Å². The molecule has 2 heterocycles. The average Bonchev–Trinajstić information content (AvgIpc) is 3.13. The smallest absolute Gasteiger partial charge is 0.341 e. The highest BCUT2D eigenvalue weighted by atomic mass is 16.5. The van der Waals surface area contributed by atoms with Gasteiger partial charge in [0.05, 0.1) is 17.9 Å². The largest absolute Gasteiger partial charge is 0.462 e. The number of carbonyl (C=O) groups excluding carboxylic acids is 1. The molecule has 1 N–H and O–H groups in total. The maximum atomic E-state index is 11.9. The van der Waals surface area contributed by atoms with Crippen LogP contribution in [-0.2, 0) is 4.74 Å². The molecule has 0 atom stereocenters. The quantitative estimate of drug-likeness (QED) is 0.847. The number of aromatic nitrogens is 4. The van der Waals surface area contributed by atoms with Crippen LogP contribution in [0.4, 0.5) is 0 Å². The number of nitrogens with zero attached hydrogens (tertiary/aromatic N) is 3. The van der Waals surface area contributed by atoms with Gasteiger partial charge in [-0.05, 0) is 19.8 Å². The Balaban J connectivity index is 2.00. The summed E-state index contributed by atoms with van der Waals surface area (Å²) < 4.78 is 5.03. The second-order valence-electron chi connectivity index (χ2n) is 4.43. The fraction of sp³-hybridized carbons (Fsp3) is 0.385. The molecule has 0 spiro atoms. The van der Waals surface area contributed by atoms with Crippen LogP contribution in [-0.4, -0.2) is 32.5 Å². The van der Waals surface area contributed by atoms with Gasteiger partial charge in [-0.25, -0.2) is 19.7 Å². The number of ether oxygens (including phenoxy) is 1. The van der Waals surface area contributed by atoms with Crippen molar-refractivity contribution >= 4 is 5.97 Å². The maximum absolute atomic E-state index is 11.9. The van der Waals surface area contributed by atoms with Gasteiger partial charge in [0.15, 0.2) is 11.6 Å². The van der Waals surface area contributed by atoms with E-state index >= 15 is 0 Å². The van der Waals surface area contributed by atoms with Crippen molar-refractivity contribution in [2.45, 2.75) is 25.7 Å². The zero-order valence-electron chi connectivity index (χ0n) is 10.6. The molecule has 1 aliphatic rings. The molecular formula is C13H14N4O2. The Labute approximate surface area is 110 Å². The summed E-state index contributed by atoms with van der Waals surface area (Å²) >= 11 is 0. The number of carbonyl (C=O) groups is 1. The molecule has 3 rings (SSSR count). The molecular weight excluding hydrogens is 244 g/mol. The molecule has 1 fully saturated rings. The molecule has 1 saturated carbocycles. The monoisotopic (exact) mass is 258 g/mol. The predicted molar refractivity (Wildman–Crippen MR) is 67.5 cm³/mol. The van der Waals surface area contributed by atoms with Gasteiger partial charge in [0, 0.05) is 24.5 Å². The number of hydrogen-bond acceptors (Lipinski definition) is 5. The molecule has 0 radical (unpaired) electrons. The van der Waals surface area contributed by atoms with Gasteiger partial charge >= 0.3 is 5.97 Å². The number of esters is 1. The van der Waals surface area contributed by atoms with E-state index in [0.29, 0.717) is 29.7 Å². The Kier molecular flexibility index (Phi) is 2.98. The zero-order chi connectivity index (χ0) is 13.2. The molecule has 0 bridgehead atoms. The molecule has 6 heteroatoms. The number of H-pyrrole nitrogens is 1. The third kappa shape index (κ3) is 2.33. The molecule has 98 valence electrons. The Hall–Kier alpha value is -2.24. The summed E-state index contributed by atoms with van der Waals surface area (Å²) in [5, 5.41) is 0. The van der Waals surface area contributed by atoms with Crippen molar-refractivity contribution in [1.29, 1.82) is 0 Å². The van der Waals surface area contributed by atoms with Crippen LogP contribution in [0.5, 0.6) is 0 Å². The SMILES string of the molecule is CCOC(=O)c1cnc(-c2ncc[nH]2)nc1C1CC1. The van der Waals surface area contributed by atoms with Crippen molar-refractivity contribution in [2.75, 3.05) is 6.61 Å². The van der Waals surface area contributed by atoms with Gasteiger partial charge in [-0.3, -0.25) is 0 Å². The predicted octanol–water partition coefficient (Wildman–Crippen LogP) is 1.92. The lowest BCUT2D eigenvalue weighted by Crippen LogP contribution is -2.11. The Morgan fingerprint density at radius 2 is 2.32 bits per heavy atom. The molecule has 6 nitrogen and oxygen atoms in total. The zero-order valence-corrected chi connectivity index (χ0v) is 10.6. The summed E-state index contributed by atoms with van der Waals surface area (Å²) in [5.41, 5.74) is 1.25. The van der Waals surface area contributed by atoms with E-state index in [1.54, 1.807) is 19.3 Å². The minimum absolute atomic E-state index is 0.344. The standard InChI is InChI=1S/C13H14N4O2/c1-2-19-13(18)9-7-16-12(11-14-5-6-15-11)17-10(9)8-3-4-8/h5-8H,2-4H2,1H3,(H,14,15). The normalized spacial score (nSPS) is 14.4. The Bertz CT molecular complexity index is 591. The number of rotatable bonds is 4. The molecule has 1 aliphatic carbocycles. The third-order valence-corrected chi connectivity index (χ3v) is 2.99. The van der Waals surface area contributed by atoms with Crippen molar-refractivity contribution in [3.8, 4) is 11.6 Å². The van der Waals surface area contributed by atoms with Crippen molar-refractivity contribution in [3.63, 3.8) is 0 Å². The summed E-state index contributed by atoms with van der Waals surface area (Å²) in [5.74, 6) is 1.11. The number of imidazole rings is 1. The molecule has 0 saturated heterocycles. The molecule has 19 heavy (non-hydrogen) atoms. The summed E-state index contributed by atoms with van der Waals surface area (Å²) in [6, 6.07) is 0. The van der Waals surface area contributed by atoms with Gasteiger partial charge in [0.1, 0.15) is 0 Å². The van der Waals surface area contributed by atoms with Gasteiger partial charge in [0.25, 0.3) is 0 Å². The lowest BCUT2D eigenvalue weighted by molar-refractivity contribution is 0.0524. The minimum Gasteiger partial charge on any atom is -0.462 e. The molecule has 0 aliphatic heterocycles. The highest BCUT2D eigenvalue weighted by Crippen LogP contribution is 2.41. The fourth-order valence-electron chi connectivity index (χ4n) is 1.93. The average molecular weight is 258 g/mol. The van der Waals surface area contributed by atoms with Gasteiger partial charge < -0.3 is 9.72 Å². The van der Waals surface area contributed by atoms with Gasteiger partial charge in [-0.15, -0.1) is 0 Å². The summed E-state index contributed by atoms with van der Waals surface area (Å²) in [6.07, 6.45) is 7.02. The van der Waals surface area contributed by atoms with Crippen molar-refractivity contribution < 1.29 is 9.53 Å². The second kappa shape index (κ2) is 4.79. The molecule has 0 aromatic carbocycles. The first-order valence-electron chi connectivity index (χ1n) is 6.33. The third-order valence-electron chi connectivity index (χ3n) is 2.99.